The molecule has 0 saturated carbocycles. The van der Waals surface area contributed by atoms with E-state index in [1.807, 2.05) is 36.4 Å². The number of hydrogen-bond acceptors (Lipinski definition) is 7. The van der Waals surface area contributed by atoms with Gasteiger partial charge in [-0.2, -0.15) is 5.10 Å². The summed E-state index contributed by atoms with van der Waals surface area (Å²) in [7, 11) is 3.19. The number of para-hydroxylation sites is 1. The van der Waals surface area contributed by atoms with Crippen LogP contribution in [0, 0.1) is 10.1 Å². The summed E-state index contributed by atoms with van der Waals surface area (Å²) in [6.45, 7) is 0.760. The van der Waals surface area contributed by atoms with Crippen molar-refractivity contribution in [2.24, 2.45) is 5.10 Å². The Morgan fingerprint density at radius 1 is 1.06 bits per heavy atom. The Balaban J connectivity index is 1.65. The molecule has 3 aromatic carbocycles. The third-order valence-corrected chi connectivity index (χ3v) is 5.14. The van der Waals surface area contributed by atoms with E-state index in [1.165, 1.54) is 12.1 Å². The second kappa shape index (κ2) is 11.1. The molecule has 0 aromatic heterocycles. The highest BCUT2D eigenvalue weighted by Crippen LogP contribution is 2.37. The summed E-state index contributed by atoms with van der Waals surface area (Å²) in [6.07, 6.45) is 1.68. The number of benzene rings is 3. The zero-order valence-electron chi connectivity index (χ0n) is 17.6. The first-order chi connectivity index (χ1) is 15.5. The molecule has 0 spiro atoms. The largest absolute Gasteiger partial charge is 0.496 e. The summed E-state index contributed by atoms with van der Waals surface area (Å²) in [5.74, 6) is 1.87. The molecule has 166 valence electrons. The zero-order valence-corrected chi connectivity index (χ0v) is 19.2. The van der Waals surface area contributed by atoms with Crippen LogP contribution < -0.4 is 19.6 Å². The Morgan fingerprint density at radius 2 is 1.78 bits per heavy atom. The lowest BCUT2D eigenvalue weighted by Crippen LogP contribution is -2.07. The van der Waals surface area contributed by atoms with E-state index in [0.717, 1.165) is 22.4 Å². The molecule has 0 aliphatic carbocycles. The van der Waals surface area contributed by atoms with Gasteiger partial charge in [-0.3, -0.25) is 10.1 Å². The highest BCUT2D eigenvalue weighted by atomic mass is 79.9. The molecule has 0 bridgehead atoms. The van der Waals surface area contributed by atoms with Crippen LogP contribution in [-0.4, -0.2) is 25.4 Å². The topological polar surface area (TPSA) is 95.2 Å². The number of hydrazone groups is 1. The van der Waals surface area contributed by atoms with Crippen molar-refractivity contribution in [3.63, 3.8) is 0 Å². The molecule has 0 amide bonds. The first kappa shape index (κ1) is 23.1. The van der Waals surface area contributed by atoms with Crippen LogP contribution in [-0.2, 0) is 13.2 Å². The van der Waals surface area contributed by atoms with Crippen LogP contribution in [0.15, 0.2) is 70.2 Å². The van der Waals surface area contributed by atoms with Crippen molar-refractivity contribution >= 4 is 27.8 Å². The van der Waals surface area contributed by atoms with E-state index in [-0.39, 0.29) is 12.3 Å². The highest BCUT2D eigenvalue weighted by Gasteiger charge is 2.12. The number of methoxy groups -OCH3 is 2. The van der Waals surface area contributed by atoms with Crippen molar-refractivity contribution in [2.75, 3.05) is 14.2 Å². The van der Waals surface area contributed by atoms with Gasteiger partial charge in [0.15, 0.2) is 11.5 Å². The molecule has 0 saturated heterocycles. The molecule has 0 heterocycles. The number of hydrogen-bond donors (Lipinski definition) is 1. The Bertz CT molecular complexity index is 1100. The van der Waals surface area contributed by atoms with Crippen molar-refractivity contribution in [2.45, 2.75) is 13.2 Å². The summed E-state index contributed by atoms with van der Waals surface area (Å²) in [5.41, 5.74) is 5.66. The molecule has 32 heavy (non-hydrogen) atoms. The van der Waals surface area contributed by atoms with Gasteiger partial charge in [0, 0.05) is 17.7 Å². The van der Waals surface area contributed by atoms with E-state index < -0.39 is 4.92 Å². The van der Waals surface area contributed by atoms with Gasteiger partial charge in [0.1, 0.15) is 12.4 Å². The zero-order chi connectivity index (χ0) is 22.9. The molecular formula is C23H22BrN3O5. The first-order valence-electron chi connectivity index (χ1n) is 9.63. The van der Waals surface area contributed by atoms with Gasteiger partial charge in [-0.25, -0.2) is 0 Å². The van der Waals surface area contributed by atoms with E-state index in [1.54, 1.807) is 32.6 Å². The molecule has 0 radical (unpaired) electrons. The Labute approximate surface area is 194 Å². The van der Waals surface area contributed by atoms with Crippen molar-refractivity contribution < 1.29 is 19.1 Å². The average molecular weight is 500 g/mol. The monoisotopic (exact) mass is 499 g/mol. The minimum Gasteiger partial charge on any atom is -0.496 e. The molecule has 8 nitrogen and oxygen atoms in total. The summed E-state index contributed by atoms with van der Waals surface area (Å²) in [6, 6.07) is 17.6. The minimum atomic E-state index is -0.435. The van der Waals surface area contributed by atoms with Crippen molar-refractivity contribution in [1.29, 1.82) is 0 Å². The number of nitrogens with zero attached hydrogens (tertiary/aromatic N) is 2. The van der Waals surface area contributed by atoms with Crippen molar-refractivity contribution in [3.05, 3.63) is 91.9 Å². The second-order valence-electron chi connectivity index (χ2n) is 6.65. The molecule has 0 unspecified atom stereocenters. The van der Waals surface area contributed by atoms with E-state index in [0.29, 0.717) is 22.5 Å². The lowest BCUT2D eigenvalue weighted by atomic mass is 10.2. The normalized spacial score (nSPS) is 10.7. The maximum atomic E-state index is 10.8. The molecule has 3 aromatic rings. The fourth-order valence-corrected chi connectivity index (χ4v) is 3.50. The first-order valence-corrected chi connectivity index (χ1v) is 10.4. The molecule has 1 N–H and O–H groups in total. The van der Waals surface area contributed by atoms with Crippen LogP contribution in [0.4, 0.5) is 5.69 Å². The van der Waals surface area contributed by atoms with Crippen LogP contribution in [0.5, 0.6) is 17.2 Å². The van der Waals surface area contributed by atoms with Gasteiger partial charge in [0.25, 0.3) is 5.69 Å². The number of halogens is 1. The van der Waals surface area contributed by atoms with Gasteiger partial charge in [0.2, 0.25) is 0 Å². The Morgan fingerprint density at radius 3 is 2.47 bits per heavy atom. The van der Waals surface area contributed by atoms with Crippen molar-refractivity contribution in [1.82, 2.24) is 5.43 Å². The molecule has 0 aliphatic heterocycles. The van der Waals surface area contributed by atoms with Crippen LogP contribution in [0.3, 0.4) is 0 Å². The molecule has 0 aliphatic rings. The van der Waals surface area contributed by atoms with Crippen LogP contribution in [0.25, 0.3) is 0 Å². The maximum Gasteiger partial charge on any atom is 0.269 e. The van der Waals surface area contributed by atoms with Crippen LogP contribution in [0.2, 0.25) is 0 Å². The number of nitro groups is 1. The number of rotatable bonds is 10. The van der Waals surface area contributed by atoms with Gasteiger partial charge >= 0.3 is 0 Å². The number of non-ortho nitro benzene ring substituents is 1. The second-order valence-corrected chi connectivity index (χ2v) is 7.51. The van der Waals surface area contributed by atoms with E-state index in [4.69, 9.17) is 14.2 Å². The quantitative estimate of drug-likeness (QED) is 0.237. The summed E-state index contributed by atoms with van der Waals surface area (Å²) < 4.78 is 17.4. The predicted octanol–water partition coefficient (Wildman–Crippen LogP) is 5.08. The van der Waals surface area contributed by atoms with E-state index in [2.05, 4.69) is 26.5 Å². The third kappa shape index (κ3) is 5.98. The standard InChI is InChI=1S/C23H22BrN3O5/c1-30-21-6-4-3-5-18(21)14-26-25-13-17-11-20(24)23(22(12-17)31-2)32-15-16-7-9-19(10-8-16)27(28)29/h3-13,26H,14-15H2,1-2H3/b25-13-. The maximum absolute atomic E-state index is 10.8. The third-order valence-electron chi connectivity index (χ3n) is 4.55. The van der Waals surface area contributed by atoms with Gasteiger partial charge in [-0.15, -0.1) is 0 Å². The Hall–Kier alpha value is -3.59. The highest BCUT2D eigenvalue weighted by molar-refractivity contribution is 9.10. The van der Waals surface area contributed by atoms with Crippen molar-refractivity contribution in [3.8, 4) is 17.2 Å². The minimum absolute atomic E-state index is 0.0375. The fraction of sp³-hybridized carbons (Fsp3) is 0.174. The molecule has 9 heteroatoms. The lowest BCUT2D eigenvalue weighted by molar-refractivity contribution is -0.384. The molecule has 3 rings (SSSR count). The van der Waals surface area contributed by atoms with Gasteiger partial charge in [0.05, 0.1) is 36.4 Å². The summed E-state index contributed by atoms with van der Waals surface area (Å²) in [4.78, 5) is 10.3. The average Bonchev–Trinajstić information content (AvgIpc) is 2.81. The van der Waals surface area contributed by atoms with Gasteiger partial charge in [-0.05, 0) is 57.4 Å². The van der Waals surface area contributed by atoms with E-state index in [9.17, 15) is 10.1 Å². The summed E-state index contributed by atoms with van der Waals surface area (Å²) >= 11 is 3.51. The molecule has 0 fully saturated rings. The van der Waals surface area contributed by atoms with Gasteiger partial charge < -0.3 is 19.6 Å². The number of nitrogens with one attached hydrogen (secondary N) is 1. The lowest BCUT2D eigenvalue weighted by Gasteiger charge is -2.13. The van der Waals surface area contributed by atoms with Crippen LogP contribution in [0.1, 0.15) is 16.7 Å². The van der Waals surface area contributed by atoms with Gasteiger partial charge in [-0.1, -0.05) is 18.2 Å². The predicted molar refractivity (Wildman–Crippen MR) is 126 cm³/mol. The Kier molecular flexibility index (Phi) is 8.04. The fourth-order valence-electron chi connectivity index (χ4n) is 2.92. The van der Waals surface area contributed by atoms with Crippen LogP contribution >= 0.6 is 15.9 Å². The number of nitro benzene ring substituents is 1. The smallest absolute Gasteiger partial charge is 0.269 e. The molecule has 0 atom stereocenters. The molecular weight excluding hydrogens is 478 g/mol. The number of ether oxygens (including phenoxy) is 3. The summed E-state index contributed by atoms with van der Waals surface area (Å²) in [5, 5.41) is 15.0. The SMILES string of the molecule is COc1ccccc1CN/N=C\c1cc(Br)c(OCc2ccc([N+](=O)[O-])cc2)c(OC)c1. The van der Waals surface area contributed by atoms with E-state index >= 15 is 0 Å².